The van der Waals surface area contributed by atoms with Crippen molar-refractivity contribution in [1.29, 1.82) is 0 Å². The van der Waals surface area contributed by atoms with Gasteiger partial charge in [0.2, 0.25) is 0 Å². The number of rotatable bonds is 0. The van der Waals surface area contributed by atoms with Crippen LogP contribution < -0.4 is 0 Å². The van der Waals surface area contributed by atoms with Gasteiger partial charge < -0.3 is 24.8 Å². The van der Waals surface area contributed by atoms with Crippen molar-refractivity contribution in [3.8, 4) is 0 Å². The summed E-state index contributed by atoms with van der Waals surface area (Å²) in [5.41, 5.74) is 0.146. The third-order valence-electron chi connectivity index (χ3n) is 12.0. The highest BCUT2D eigenvalue weighted by atomic mass is 16.7. The molecule has 6 fully saturated rings. The molecular weight excluding hydrogens is 404 g/mol. The standard InChI is InChI=1S/C27H44O5/c1-14-5-8-27(31-13-14)15(2)24-23(32-27)11-18-16-9-20(28)19-10-21(29)22(30)12-26(19,4)17(16)6-7-25(18,24)3/h14-24,28-30H,5-13H2,1-4H3/t14-,15-,16+,17-,18-,19+,20+,21+,22+,23-,24-,25-,26+,27+/m0/s1. The number of fused-ring (bicyclic) bond motifs is 7. The largest absolute Gasteiger partial charge is 0.393 e. The third-order valence-corrected chi connectivity index (χ3v) is 12.0. The van der Waals surface area contributed by atoms with Gasteiger partial charge in [-0.05, 0) is 91.3 Å². The van der Waals surface area contributed by atoms with Gasteiger partial charge in [0.15, 0.2) is 5.79 Å². The highest BCUT2D eigenvalue weighted by molar-refractivity contribution is 5.16. The van der Waals surface area contributed by atoms with Gasteiger partial charge >= 0.3 is 0 Å². The fourth-order valence-electron chi connectivity index (χ4n) is 10.3. The maximum Gasteiger partial charge on any atom is 0.171 e. The van der Waals surface area contributed by atoms with Gasteiger partial charge in [0.25, 0.3) is 0 Å². The molecule has 6 aliphatic rings. The van der Waals surface area contributed by atoms with Crippen molar-refractivity contribution in [1.82, 2.24) is 0 Å². The minimum absolute atomic E-state index is 0.0870. The summed E-state index contributed by atoms with van der Waals surface area (Å²) in [7, 11) is 0. The van der Waals surface area contributed by atoms with Crippen molar-refractivity contribution < 1.29 is 24.8 Å². The molecule has 4 saturated carbocycles. The molecule has 0 aromatic rings. The Balaban J connectivity index is 1.28. The average Bonchev–Trinajstić information content (AvgIpc) is 3.18. The maximum absolute atomic E-state index is 11.3. The lowest BCUT2D eigenvalue weighted by Crippen LogP contribution is -2.61. The first-order valence-corrected chi connectivity index (χ1v) is 13.4. The molecule has 32 heavy (non-hydrogen) atoms. The van der Waals surface area contributed by atoms with Gasteiger partial charge in [-0.25, -0.2) is 0 Å². The molecule has 0 aromatic carbocycles. The minimum Gasteiger partial charge on any atom is -0.393 e. The van der Waals surface area contributed by atoms with Crippen LogP contribution in [0.25, 0.3) is 0 Å². The van der Waals surface area contributed by atoms with Crippen molar-refractivity contribution in [2.45, 2.75) is 109 Å². The van der Waals surface area contributed by atoms with Gasteiger partial charge in [-0.1, -0.05) is 27.7 Å². The lowest BCUT2D eigenvalue weighted by atomic mass is 9.43. The summed E-state index contributed by atoms with van der Waals surface area (Å²) in [4.78, 5) is 0. The highest BCUT2D eigenvalue weighted by Crippen LogP contribution is 2.71. The predicted octanol–water partition coefficient (Wildman–Crippen LogP) is 3.74. The zero-order chi connectivity index (χ0) is 22.6. The number of ether oxygens (including phenoxy) is 2. The van der Waals surface area contributed by atoms with E-state index < -0.39 is 12.2 Å². The van der Waals surface area contributed by atoms with Crippen molar-refractivity contribution in [3.05, 3.63) is 0 Å². The summed E-state index contributed by atoms with van der Waals surface area (Å²) >= 11 is 0. The van der Waals surface area contributed by atoms with Crippen molar-refractivity contribution in [3.63, 3.8) is 0 Å². The molecule has 14 atom stereocenters. The molecule has 1 spiro atoms. The van der Waals surface area contributed by atoms with Gasteiger partial charge in [-0.15, -0.1) is 0 Å². The Morgan fingerprint density at radius 1 is 0.781 bits per heavy atom. The normalized spacial score (nSPS) is 64.0. The van der Waals surface area contributed by atoms with Gasteiger partial charge in [-0.2, -0.15) is 0 Å². The van der Waals surface area contributed by atoms with Crippen molar-refractivity contribution in [2.24, 2.45) is 52.3 Å². The van der Waals surface area contributed by atoms with Crippen LogP contribution in [0, 0.1) is 52.3 Å². The van der Waals surface area contributed by atoms with Crippen LogP contribution in [0.5, 0.6) is 0 Å². The molecule has 5 nitrogen and oxygen atoms in total. The molecule has 5 heteroatoms. The van der Waals surface area contributed by atoms with E-state index in [1.54, 1.807) is 0 Å². The van der Waals surface area contributed by atoms with Crippen molar-refractivity contribution >= 4 is 0 Å². The summed E-state index contributed by atoms with van der Waals surface area (Å²) in [5.74, 6) is 2.86. The predicted molar refractivity (Wildman–Crippen MR) is 121 cm³/mol. The lowest BCUT2D eigenvalue weighted by molar-refractivity contribution is -0.273. The summed E-state index contributed by atoms with van der Waals surface area (Å²) in [6.07, 6.45) is 6.22. The molecule has 0 amide bonds. The molecule has 0 bridgehead atoms. The molecule has 0 unspecified atom stereocenters. The monoisotopic (exact) mass is 448 g/mol. The second-order valence-corrected chi connectivity index (χ2v) is 13.4. The molecule has 2 saturated heterocycles. The van der Waals surface area contributed by atoms with Crippen LogP contribution in [-0.2, 0) is 9.47 Å². The molecule has 2 aliphatic heterocycles. The quantitative estimate of drug-likeness (QED) is 0.526. The summed E-state index contributed by atoms with van der Waals surface area (Å²) in [6, 6.07) is 0. The summed E-state index contributed by atoms with van der Waals surface area (Å²) in [6.45, 7) is 10.3. The highest BCUT2D eigenvalue weighted by Gasteiger charge is 2.70. The molecule has 4 aliphatic carbocycles. The summed E-state index contributed by atoms with van der Waals surface area (Å²) in [5, 5.41) is 32.1. The molecule has 0 aromatic heterocycles. The zero-order valence-corrected chi connectivity index (χ0v) is 20.4. The van der Waals surface area contributed by atoms with E-state index in [0.717, 1.165) is 25.9 Å². The fourth-order valence-corrected chi connectivity index (χ4v) is 10.3. The Hall–Kier alpha value is -0.200. The first-order valence-electron chi connectivity index (χ1n) is 13.4. The molecular formula is C27H44O5. The second kappa shape index (κ2) is 7.16. The van der Waals surface area contributed by atoms with E-state index in [-0.39, 0.29) is 34.7 Å². The van der Waals surface area contributed by atoms with Crippen LogP contribution in [0.2, 0.25) is 0 Å². The van der Waals surface area contributed by atoms with Crippen LogP contribution in [0.15, 0.2) is 0 Å². The van der Waals surface area contributed by atoms with E-state index in [2.05, 4.69) is 27.7 Å². The Labute approximate surface area is 193 Å². The van der Waals surface area contributed by atoms with E-state index >= 15 is 0 Å². The van der Waals surface area contributed by atoms with Crippen LogP contribution in [0.4, 0.5) is 0 Å². The minimum atomic E-state index is -0.692. The fraction of sp³-hybridized carbons (Fsp3) is 1.00. The Kier molecular flexibility index (Phi) is 4.99. The Morgan fingerprint density at radius 2 is 1.56 bits per heavy atom. The first-order chi connectivity index (χ1) is 15.1. The van der Waals surface area contributed by atoms with Gasteiger partial charge in [0.1, 0.15) is 0 Å². The molecule has 2 heterocycles. The van der Waals surface area contributed by atoms with E-state index in [4.69, 9.17) is 9.47 Å². The van der Waals surface area contributed by atoms with E-state index in [9.17, 15) is 15.3 Å². The first kappa shape index (κ1) is 22.3. The van der Waals surface area contributed by atoms with E-state index in [0.29, 0.717) is 48.3 Å². The van der Waals surface area contributed by atoms with E-state index in [1.807, 2.05) is 0 Å². The van der Waals surface area contributed by atoms with Crippen LogP contribution in [0.3, 0.4) is 0 Å². The zero-order valence-electron chi connectivity index (χ0n) is 20.4. The number of aliphatic hydroxyl groups is 3. The number of hydrogen-bond donors (Lipinski definition) is 3. The van der Waals surface area contributed by atoms with Crippen LogP contribution in [-0.4, -0.2) is 52.1 Å². The van der Waals surface area contributed by atoms with Gasteiger partial charge in [-0.3, -0.25) is 0 Å². The maximum atomic E-state index is 11.3. The molecule has 182 valence electrons. The summed E-state index contributed by atoms with van der Waals surface area (Å²) < 4.78 is 13.3. The third kappa shape index (κ3) is 2.81. The molecule has 6 rings (SSSR count). The lowest BCUT2D eigenvalue weighted by Gasteiger charge is -2.62. The topological polar surface area (TPSA) is 79.2 Å². The van der Waals surface area contributed by atoms with Crippen molar-refractivity contribution in [2.75, 3.05) is 6.61 Å². The Morgan fingerprint density at radius 3 is 2.28 bits per heavy atom. The van der Waals surface area contributed by atoms with E-state index in [1.165, 1.54) is 19.3 Å². The van der Waals surface area contributed by atoms with Crippen LogP contribution >= 0.6 is 0 Å². The average molecular weight is 449 g/mol. The molecule has 0 radical (unpaired) electrons. The number of aliphatic hydroxyl groups excluding tert-OH is 3. The number of hydrogen-bond acceptors (Lipinski definition) is 5. The molecule has 3 N–H and O–H groups in total. The van der Waals surface area contributed by atoms with Crippen LogP contribution in [0.1, 0.15) is 79.1 Å². The second-order valence-electron chi connectivity index (χ2n) is 13.4. The Bertz CT molecular complexity index is 748. The van der Waals surface area contributed by atoms with Gasteiger partial charge in [0, 0.05) is 12.3 Å². The van der Waals surface area contributed by atoms with Gasteiger partial charge in [0.05, 0.1) is 31.0 Å². The SMILES string of the molecule is C[C@H]1CC[C@@]2(OC1)O[C@H]1C[C@H]3[C@@H]4C[C@@H](O)[C@H]5C[C@@H](O)[C@H](O)C[C@]5(C)[C@H]4CC[C@]3(C)[C@H]1[C@@H]2C. The smallest absolute Gasteiger partial charge is 0.171 e.